The van der Waals surface area contributed by atoms with Crippen molar-refractivity contribution < 1.29 is 23.4 Å². The highest BCUT2D eigenvalue weighted by Crippen LogP contribution is 2.11. The van der Waals surface area contributed by atoms with E-state index >= 15 is 0 Å². The molecule has 1 aromatic rings. The Kier molecular flexibility index (Phi) is 5.76. The van der Waals surface area contributed by atoms with Crippen molar-refractivity contribution in [2.45, 2.75) is 19.1 Å². The highest BCUT2D eigenvalue weighted by Gasteiger charge is 2.14. The number of benzene rings is 1. The van der Waals surface area contributed by atoms with Crippen LogP contribution in [0, 0.1) is 5.82 Å². The minimum Gasteiger partial charge on any atom is -0.484 e. The third kappa shape index (κ3) is 5.14. The van der Waals surface area contributed by atoms with Crippen molar-refractivity contribution in [1.29, 1.82) is 0 Å². The van der Waals surface area contributed by atoms with E-state index in [9.17, 15) is 9.18 Å². The summed E-state index contributed by atoms with van der Waals surface area (Å²) in [4.78, 5) is 11.5. The molecule has 0 bridgehead atoms. The summed E-state index contributed by atoms with van der Waals surface area (Å²) in [6, 6.07) is 5.68. The summed E-state index contributed by atoms with van der Waals surface area (Å²) in [5.41, 5.74) is 0. The van der Waals surface area contributed by atoms with Crippen LogP contribution in [0.25, 0.3) is 0 Å². The van der Waals surface area contributed by atoms with Crippen molar-refractivity contribution in [3.8, 4) is 5.75 Å². The summed E-state index contributed by atoms with van der Waals surface area (Å²) in [5.74, 6) is -0.321. The first-order valence-corrected chi connectivity index (χ1v) is 6.62. The van der Waals surface area contributed by atoms with Crippen LogP contribution in [0.5, 0.6) is 5.75 Å². The van der Waals surface area contributed by atoms with Crippen molar-refractivity contribution >= 4 is 5.91 Å². The number of hydrogen-bond donors (Lipinski definition) is 1. The minimum atomic E-state index is -0.394. The maximum atomic E-state index is 12.9. The van der Waals surface area contributed by atoms with Gasteiger partial charge in [-0.25, -0.2) is 4.39 Å². The molecule has 0 atom stereocenters. The van der Waals surface area contributed by atoms with Gasteiger partial charge < -0.3 is 19.5 Å². The summed E-state index contributed by atoms with van der Waals surface area (Å²) >= 11 is 0. The van der Waals surface area contributed by atoms with Gasteiger partial charge in [0, 0.05) is 19.0 Å². The second-order valence-electron chi connectivity index (χ2n) is 4.41. The Labute approximate surface area is 117 Å². The van der Waals surface area contributed by atoms with E-state index in [1.54, 1.807) is 6.07 Å². The number of nitrogens with one attached hydrogen (secondary N) is 1. The Morgan fingerprint density at radius 1 is 1.40 bits per heavy atom. The van der Waals surface area contributed by atoms with Crippen LogP contribution >= 0.6 is 0 Å². The lowest BCUT2D eigenvalue weighted by Crippen LogP contribution is -2.34. The first-order valence-electron chi connectivity index (χ1n) is 6.62. The number of carbonyl (C=O) groups excluding carboxylic acids is 1. The van der Waals surface area contributed by atoms with Gasteiger partial charge in [-0.05, 0) is 18.6 Å². The first-order chi connectivity index (χ1) is 9.74. The Bertz CT molecular complexity index is 435. The van der Waals surface area contributed by atoms with Gasteiger partial charge in [0.25, 0.3) is 5.91 Å². The number of ether oxygens (including phenoxy) is 3. The average Bonchev–Trinajstić information content (AvgIpc) is 2.46. The summed E-state index contributed by atoms with van der Waals surface area (Å²) < 4.78 is 28.8. The smallest absolute Gasteiger partial charge is 0.257 e. The molecule has 1 fully saturated rings. The number of carbonyl (C=O) groups is 1. The van der Waals surface area contributed by atoms with E-state index in [1.807, 2.05) is 0 Å². The molecular formula is C14H18FNO4. The molecule has 5 nitrogen and oxygen atoms in total. The van der Waals surface area contributed by atoms with Gasteiger partial charge in [-0.2, -0.15) is 0 Å². The van der Waals surface area contributed by atoms with E-state index < -0.39 is 5.82 Å². The monoisotopic (exact) mass is 283 g/mol. The second kappa shape index (κ2) is 7.81. The fourth-order valence-corrected chi connectivity index (χ4v) is 1.79. The molecule has 1 aliphatic rings. The molecule has 0 unspecified atom stereocenters. The zero-order valence-corrected chi connectivity index (χ0v) is 11.1. The van der Waals surface area contributed by atoms with Crippen molar-refractivity contribution in [2.75, 3.05) is 26.4 Å². The third-order valence-electron chi connectivity index (χ3n) is 2.76. The SMILES string of the molecule is O=C(COc1cccc(F)c1)NCCC1OCCCO1. The minimum absolute atomic E-state index is 0.143. The molecule has 0 spiro atoms. The van der Waals surface area contributed by atoms with Crippen molar-refractivity contribution in [1.82, 2.24) is 5.32 Å². The van der Waals surface area contributed by atoms with E-state index in [2.05, 4.69) is 5.32 Å². The Balaban J connectivity index is 1.60. The molecule has 1 aromatic carbocycles. The molecular weight excluding hydrogens is 265 g/mol. The summed E-state index contributed by atoms with van der Waals surface area (Å²) in [6.45, 7) is 1.70. The molecule has 1 saturated heterocycles. The molecule has 1 N–H and O–H groups in total. The van der Waals surface area contributed by atoms with E-state index in [1.165, 1.54) is 18.2 Å². The van der Waals surface area contributed by atoms with Crippen LogP contribution in [0.15, 0.2) is 24.3 Å². The van der Waals surface area contributed by atoms with Crippen LogP contribution in [0.1, 0.15) is 12.8 Å². The number of rotatable bonds is 6. The Morgan fingerprint density at radius 3 is 2.95 bits per heavy atom. The molecule has 0 saturated carbocycles. The zero-order chi connectivity index (χ0) is 14.2. The Hall–Kier alpha value is -1.66. The van der Waals surface area contributed by atoms with Crippen molar-refractivity contribution in [3.05, 3.63) is 30.1 Å². The fourth-order valence-electron chi connectivity index (χ4n) is 1.79. The lowest BCUT2D eigenvalue weighted by molar-refractivity contribution is -0.180. The summed E-state index contributed by atoms with van der Waals surface area (Å²) in [5, 5.41) is 2.70. The standard InChI is InChI=1S/C14H18FNO4/c15-11-3-1-4-12(9-11)20-10-13(17)16-6-5-14-18-7-2-8-19-14/h1,3-4,9,14H,2,5-8,10H2,(H,16,17). The van der Waals surface area contributed by atoms with E-state index in [0.29, 0.717) is 31.9 Å². The molecule has 1 amide bonds. The molecule has 0 aliphatic carbocycles. The second-order valence-corrected chi connectivity index (χ2v) is 4.41. The molecule has 6 heteroatoms. The van der Waals surface area contributed by atoms with Gasteiger partial charge in [0.05, 0.1) is 13.2 Å². The molecule has 1 aliphatic heterocycles. The highest BCUT2D eigenvalue weighted by molar-refractivity contribution is 5.77. The van der Waals surface area contributed by atoms with E-state index in [0.717, 1.165) is 6.42 Å². The van der Waals surface area contributed by atoms with Crippen LogP contribution in [0.4, 0.5) is 4.39 Å². The van der Waals surface area contributed by atoms with Gasteiger partial charge in [-0.1, -0.05) is 6.07 Å². The van der Waals surface area contributed by atoms with Gasteiger partial charge in [-0.15, -0.1) is 0 Å². The molecule has 110 valence electrons. The maximum Gasteiger partial charge on any atom is 0.257 e. The van der Waals surface area contributed by atoms with Crippen LogP contribution in [-0.2, 0) is 14.3 Å². The number of hydrogen-bond acceptors (Lipinski definition) is 4. The molecule has 2 rings (SSSR count). The van der Waals surface area contributed by atoms with Gasteiger partial charge >= 0.3 is 0 Å². The molecule has 1 heterocycles. The van der Waals surface area contributed by atoms with Gasteiger partial charge in [-0.3, -0.25) is 4.79 Å². The number of halogens is 1. The maximum absolute atomic E-state index is 12.9. The van der Waals surface area contributed by atoms with E-state index in [4.69, 9.17) is 14.2 Å². The largest absolute Gasteiger partial charge is 0.484 e. The predicted molar refractivity (Wildman–Crippen MR) is 69.8 cm³/mol. The topological polar surface area (TPSA) is 56.8 Å². The van der Waals surface area contributed by atoms with Crippen LogP contribution in [0.3, 0.4) is 0 Å². The van der Waals surface area contributed by atoms with E-state index in [-0.39, 0.29) is 18.8 Å². The van der Waals surface area contributed by atoms with Crippen molar-refractivity contribution in [3.63, 3.8) is 0 Å². The predicted octanol–water partition coefficient (Wildman–Crippen LogP) is 1.47. The highest BCUT2D eigenvalue weighted by atomic mass is 19.1. The average molecular weight is 283 g/mol. The van der Waals surface area contributed by atoms with Crippen molar-refractivity contribution in [2.24, 2.45) is 0 Å². The first kappa shape index (κ1) is 14.7. The quantitative estimate of drug-likeness (QED) is 0.859. The third-order valence-corrected chi connectivity index (χ3v) is 2.76. The Morgan fingerprint density at radius 2 is 2.20 bits per heavy atom. The summed E-state index contributed by atoms with van der Waals surface area (Å²) in [6.07, 6.45) is 1.27. The summed E-state index contributed by atoms with van der Waals surface area (Å²) in [7, 11) is 0. The molecule has 0 radical (unpaired) electrons. The van der Waals surface area contributed by atoms with Crippen LogP contribution < -0.4 is 10.1 Å². The molecule has 20 heavy (non-hydrogen) atoms. The normalized spacial score (nSPS) is 15.8. The fraction of sp³-hybridized carbons (Fsp3) is 0.500. The van der Waals surface area contributed by atoms with Crippen LogP contribution in [-0.4, -0.2) is 38.6 Å². The zero-order valence-electron chi connectivity index (χ0n) is 11.1. The van der Waals surface area contributed by atoms with Crippen LogP contribution in [0.2, 0.25) is 0 Å². The number of amides is 1. The lowest BCUT2D eigenvalue weighted by Gasteiger charge is -2.23. The molecule has 0 aromatic heterocycles. The van der Waals surface area contributed by atoms with Gasteiger partial charge in [0.15, 0.2) is 12.9 Å². The lowest BCUT2D eigenvalue weighted by atomic mass is 10.3. The van der Waals surface area contributed by atoms with Gasteiger partial charge in [0.1, 0.15) is 11.6 Å². The van der Waals surface area contributed by atoms with Gasteiger partial charge in [0.2, 0.25) is 0 Å².